The minimum atomic E-state index is 0.254. The van der Waals surface area contributed by atoms with E-state index in [1.165, 1.54) is 11.1 Å². The number of hydrogen-bond donors (Lipinski definition) is 1. The maximum absolute atomic E-state index is 8.68. The van der Waals surface area contributed by atoms with Crippen LogP contribution < -0.4 is 0 Å². The van der Waals surface area contributed by atoms with E-state index in [2.05, 4.69) is 13.0 Å². The Morgan fingerprint density at radius 3 is 2.77 bits per heavy atom. The SMILES string of the molecule is CCc1cc(CCCO)ccc1Cl. The van der Waals surface area contributed by atoms with Crippen LogP contribution in [0.25, 0.3) is 0 Å². The summed E-state index contributed by atoms with van der Waals surface area (Å²) in [4.78, 5) is 0. The highest BCUT2D eigenvalue weighted by atomic mass is 35.5. The van der Waals surface area contributed by atoms with Gasteiger partial charge in [-0.3, -0.25) is 0 Å². The van der Waals surface area contributed by atoms with Crippen molar-refractivity contribution in [2.75, 3.05) is 6.61 Å². The average Bonchev–Trinajstić information content (AvgIpc) is 2.16. The summed E-state index contributed by atoms with van der Waals surface area (Å²) in [7, 11) is 0. The molecule has 0 aromatic heterocycles. The molecule has 0 aliphatic heterocycles. The number of halogens is 1. The molecule has 1 aromatic rings. The van der Waals surface area contributed by atoms with Crippen molar-refractivity contribution in [3.63, 3.8) is 0 Å². The highest BCUT2D eigenvalue weighted by Gasteiger charge is 1.99. The van der Waals surface area contributed by atoms with E-state index in [9.17, 15) is 0 Å². The van der Waals surface area contributed by atoms with Gasteiger partial charge in [0.1, 0.15) is 0 Å². The summed E-state index contributed by atoms with van der Waals surface area (Å²) < 4.78 is 0. The van der Waals surface area contributed by atoms with Crippen LogP contribution in [-0.2, 0) is 12.8 Å². The van der Waals surface area contributed by atoms with Gasteiger partial charge in [-0.15, -0.1) is 0 Å². The third-order valence-corrected chi connectivity index (χ3v) is 2.48. The molecule has 0 saturated carbocycles. The molecule has 0 spiro atoms. The number of aryl methyl sites for hydroxylation is 2. The first-order chi connectivity index (χ1) is 6.27. The molecule has 0 heterocycles. The second kappa shape index (κ2) is 5.25. The largest absolute Gasteiger partial charge is 0.396 e. The molecule has 0 aliphatic rings. The van der Waals surface area contributed by atoms with E-state index in [0.29, 0.717) is 0 Å². The molecule has 13 heavy (non-hydrogen) atoms. The lowest BCUT2D eigenvalue weighted by Crippen LogP contribution is -1.91. The Morgan fingerprint density at radius 1 is 1.38 bits per heavy atom. The first-order valence-electron chi connectivity index (χ1n) is 4.66. The molecule has 0 atom stereocenters. The summed E-state index contributed by atoms with van der Waals surface area (Å²) in [5.74, 6) is 0. The van der Waals surface area contributed by atoms with Crippen molar-refractivity contribution in [1.29, 1.82) is 0 Å². The standard InChI is InChI=1S/C11H15ClO/c1-2-10-8-9(4-3-7-13)5-6-11(10)12/h5-6,8,13H,2-4,7H2,1H3. The van der Waals surface area contributed by atoms with Gasteiger partial charge in [0.2, 0.25) is 0 Å². The smallest absolute Gasteiger partial charge is 0.0438 e. The highest BCUT2D eigenvalue weighted by molar-refractivity contribution is 6.31. The van der Waals surface area contributed by atoms with Crippen LogP contribution in [0, 0.1) is 0 Å². The van der Waals surface area contributed by atoms with Gasteiger partial charge in [-0.25, -0.2) is 0 Å². The number of rotatable bonds is 4. The van der Waals surface area contributed by atoms with Crippen molar-refractivity contribution < 1.29 is 5.11 Å². The molecule has 0 saturated heterocycles. The summed E-state index contributed by atoms with van der Waals surface area (Å²) in [6.45, 7) is 2.35. The van der Waals surface area contributed by atoms with E-state index in [4.69, 9.17) is 16.7 Å². The zero-order valence-electron chi connectivity index (χ0n) is 7.89. The molecule has 0 amide bonds. The average molecular weight is 199 g/mol. The van der Waals surface area contributed by atoms with Gasteiger partial charge in [-0.05, 0) is 36.5 Å². The molecule has 1 rings (SSSR count). The minimum absolute atomic E-state index is 0.254. The van der Waals surface area contributed by atoms with Crippen molar-refractivity contribution in [2.24, 2.45) is 0 Å². The molecule has 0 bridgehead atoms. The zero-order chi connectivity index (χ0) is 9.68. The van der Waals surface area contributed by atoms with Crippen LogP contribution in [0.3, 0.4) is 0 Å². The first kappa shape index (κ1) is 10.6. The fraction of sp³-hybridized carbons (Fsp3) is 0.455. The quantitative estimate of drug-likeness (QED) is 0.789. The van der Waals surface area contributed by atoms with Gasteiger partial charge in [0, 0.05) is 11.6 Å². The van der Waals surface area contributed by atoms with Crippen molar-refractivity contribution in [3.8, 4) is 0 Å². The third kappa shape index (κ3) is 3.02. The fourth-order valence-electron chi connectivity index (χ4n) is 1.34. The summed E-state index contributed by atoms with van der Waals surface area (Å²) in [6, 6.07) is 6.09. The Balaban J connectivity index is 2.74. The van der Waals surface area contributed by atoms with Gasteiger partial charge in [0.15, 0.2) is 0 Å². The molecular weight excluding hydrogens is 184 g/mol. The van der Waals surface area contributed by atoms with Crippen LogP contribution in [0.2, 0.25) is 5.02 Å². The van der Waals surface area contributed by atoms with Crippen LogP contribution in [0.1, 0.15) is 24.5 Å². The molecular formula is C11H15ClO. The van der Waals surface area contributed by atoms with Crippen LogP contribution in [0.15, 0.2) is 18.2 Å². The van der Waals surface area contributed by atoms with Gasteiger partial charge < -0.3 is 5.11 Å². The summed E-state index contributed by atoms with van der Waals surface area (Å²) in [5, 5.41) is 9.53. The summed E-state index contributed by atoms with van der Waals surface area (Å²) >= 11 is 5.98. The van der Waals surface area contributed by atoms with E-state index < -0.39 is 0 Å². The zero-order valence-corrected chi connectivity index (χ0v) is 8.64. The summed E-state index contributed by atoms with van der Waals surface area (Å²) in [5.41, 5.74) is 2.45. The number of aliphatic hydroxyl groups is 1. The molecule has 1 aromatic carbocycles. The number of hydrogen-bond acceptors (Lipinski definition) is 1. The second-order valence-corrected chi connectivity index (χ2v) is 3.51. The lowest BCUT2D eigenvalue weighted by atomic mass is 10.1. The van der Waals surface area contributed by atoms with E-state index in [1.807, 2.05) is 12.1 Å². The third-order valence-electron chi connectivity index (χ3n) is 2.11. The van der Waals surface area contributed by atoms with Gasteiger partial charge in [0.05, 0.1) is 0 Å². The number of benzene rings is 1. The van der Waals surface area contributed by atoms with Crippen molar-refractivity contribution in [2.45, 2.75) is 26.2 Å². The van der Waals surface area contributed by atoms with Crippen LogP contribution in [0.5, 0.6) is 0 Å². The van der Waals surface area contributed by atoms with Crippen molar-refractivity contribution in [1.82, 2.24) is 0 Å². The molecule has 1 N–H and O–H groups in total. The van der Waals surface area contributed by atoms with Gasteiger partial charge in [-0.2, -0.15) is 0 Å². The lowest BCUT2D eigenvalue weighted by Gasteiger charge is -2.04. The fourth-order valence-corrected chi connectivity index (χ4v) is 1.59. The topological polar surface area (TPSA) is 20.2 Å². The number of aliphatic hydroxyl groups excluding tert-OH is 1. The Bertz CT molecular complexity index is 271. The van der Waals surface area contributed by atoms with Gasteiger partial charge in [0.25, 0.3) is 0 Å². The molecule has 0 fully saturated rings. The van der Waals surface area contributed by atoms with Crippen LogP contribution >= 0.6 is 11.6 Å². The van der Waals surface area contributed by atoms with Crippen molar-refractivity contribution in [3.05, 3.63) is 34.3 Å². The molecule has 72 valence electrons. The van der Waals surface area contributed by atoms with Crippen molar-refractivity contribution >= 4 is 11.6 Å². The van der Waals surface area contributed by atoms with Crippen LogP contribution in [-0.4, -0.2) is 11.7 Å². The second-order valence-electron chi connectivity index (χ2n) is 3.11. The summed E-state index contributed by atoms with van der Waals surface area (Å²) in [6.07, 6.45) is 2.72. The first-order valence-corrected chi connectivity index (χ1v) is 5.04. The predicted octanol–water partition coefficient (Wildman–Crippen LogP) is 2.83. The van der Waals surface area contributed by atoms with E-state index in [0.717, 1.165) is 24.3 Å². The molecule has 1 nitrogen and oxygen atoms in total. The van der Waals surface area contributed by atoms with Crippen LogP contribution in [0.4, 0.5) is 0 Å². The highest BCUT2D eigenvalue weighted by Crippen LogP contribution is 2.18. The Kier molecular flexibility index (Phi) is 4.26. The van der Waals surface area contributed by atoms with Gasteiger partial charge in [-0.1, -0.05) is 30.7 Å². The van der Waals surface area contributed by atoms with E-state index in [1.54, 1.807) is 0 Å². The molecule has 0 unspecified atom stereocenters. The maximum atomic E-state index is 8.68. The van der Waals surface area contributed by atoms with E-state index in [-0.39, 0.29) is 6.61 Å². The molecule has 0 radical (unpaired) electrons. The monoisotopic (exact) mass is 198 g/mol. The lowest BCUT2D eigenvalue weighted by molar-refractivity contribution is 0.288. The minimum Gasteiger partial charge on any atom is -0.396 e. The normalized spacial score (nSPS) is 10.4. The Labute approximate surface area is 84.4 Å². The maximum Gasteiger partial charge on any atom is 0.0438 e. The Morgan fingerprint density at radius 2 is 2.15 bits per heavy atom. The van der Waals surface area contributed by atoms with E-state index >= 15 is 0 Å². The Hall–Kier alpha value is -0.530. The molecule has 0 aliphatic carbocycles. The molecule has 2 heteroatoms. The predicted molar refractivity (Wildman–Crippen MR) is 56.2 cm³/mol. The van der Waals surface area contributed by atoms with Gasteiger partial charge >= 0.3 is 0 Å².